The number of benzene rings is 3. The van der Waals surface area contributed by atoms with E-state index in [1.54, 1.807) is 0 Å². The summed E-state index contributed by atoms with van der Waals surface area (Å²) in [4.78, 5) is 0. The first-order valence-electron chi connectivity index (χ1n) is 9.95. The van der Waals surface area contributed by atoms with Crippen LogP contribution >= 0.6 is 7.92 Å². The SMILES string of the molecule is CN([C@@H](CP(c1ccccc1)c1ccccc1)c1ccccc1)S(=O)C(C)(C)C. The first-order valence-corrected chi connectivity index (χ1v) is 12.6. The Balaban J connectivity index is 2.03. The number of hydrogen-bond donors (Lipinski definition) is 0. The Hall–Kier alpha value is -1.80. The number of nitrogens with zero attached hydrogens (tertiary/aromatic N) is 1. The molecule has 2 nitrogen and oxygen atoms in total. The minimum absolute atomic E-state index is 0.0720. The van der Waals surface area contributed by atoms with E-state index >= 15 is 0 Å². The summed E-state index contributed by atoms with van der Waals surface area (Å²) in [7, 11) is 0.321. The van der Waals surface area contributed by atoms with Gasteiger partial charge in [0.15, 0.2) is 0 Å². The second kappa shape index (κ2) is 9.80. The van der Waals surface area contributed by atoms with Crippen LogP contribution in [-0.4, -0.2) is 26.5 Å². The standard InChI is InChI=1S/C25H30NOPS/c1-25(2,3)29(27)26(4)24(21-14-8-5-9-15-21)20-28(22-16-10-6-11-17-22)23-18-12-7-13-19-23/h5-19,24H,20H2,1-4H3/t24-,29?/m0/s1. The summed E-state index contributed by atoms with van der Waals surface area (Å²) in [5.74, 6) is 0. The zero-order chi connectivity index (χ0) is 20.9. The second-order valence-electron chi connectivity index (χ2n) is 8.12. The predicted molar refractivity (Wildman–Crippen MR) is 129 cm³/mol. The smallest absolute Gasteiger partial charge is 0.100 e. The molecule has 1 unspecified atom stereocenters. The van der Waals surface area contributed by atoms with Gasteiger partial charge in [-0.05, 0) is 51.0 Å². The summed E-state index contributed by atoms with van der Waals surface area (Å²) in [6, 6.07) is 32.1. The molecule has 0 spiro atoms. The van der Waals surface area contributed by atoms with Crippen molar-refractivity contribution in [1.82, 2.24) is 4.31 Å². The third kappa shape index (κ3) is 5.63. The fraction of sp³-hybridized carbons (Fsp3) is 0.280. The average Bonchev–Trinajstić information content (AvgIpc) is 2.75. The van der Waals surface area contributed by atoms with Gasteiger partial charge in [-0.25, -0.2) is 8.51 Å². The van der Waals surface area contributed by atoms with Gasteiger partial charge in [0.25, 0.3) is 0 Å². The van der Waals surface area contributed by atoms with Gasteiger partial charge in [0.2, 0.25) is 0 Å². The van der Waals surface area contributed by atoms with E-state index in [-0.39, 0.29) is 10.8 Å². The molecule has 0 saturated heterocycles. The Morgan fingerprint density at radius 3 is 1.62 bits per heavy atom. The van der Waals surface area contributed by atoms with Gasteiger partial charge >= 0.3 is 0 Å². The van der Waals surface area contributed by atoms with Crippen LogP contribution in [0.15, 0.2) is 91.0 Å². The largest absolute Gasteiger partial charge is 0.242 e. The van der Waals surface area contributed by atoms with Crippen molar-refractivity contribution in [3.63, 3.8) is 0 Å². The van der Waals surface area contributed by atoms with Gasteiger partial charge < -0.3 is 0 Å². The molecule has 0 amide bonds. The highest BCUT2D eigenvalue weighted by Gasteiger charge is 2.31. The molecule has 2 atom stereocenters. The van der Waals surface area contributed by atoms with E-state index in [1.165, 1.54) is 16.2 Å². The Morgan fingerprint density at radius 2 is 1.21 bits per heavy atom. The molecule has 0 aliphatic carbocycles. The molecule has 0 bridgehead atoms. The van der Waals surface area contributed by atoms with E-state index in [4.69, 9.17) is 0 Å². The molecule has 0 aromatic heterocycles. The van der Waals surface area contributed by atoms with Crippen LogP contribution in [0.1, 0.15) is 32.4 Å². The Kier molecular flexibility index (Phi) is 7.40. The zero-order valence-corrected chi connectivity index (χ0v) is 19.4. The molecule has 0 fully saturated rings. The van der Waals surface area contributed by atoms with Gasteiger partial charge in [-0.1, -0.05) is 91.0 Å². The van der Waals surface area contributed by atoms with Crippen LogP contribution in [0, 0.1) is 0 Å². The molecule has 0 saturated carbocycles. The molecule has 0 aliphatic heterocycles. The van der Waals surface area contributed by atoms with Crippen molar-refractivity contribution >= 4 is 29.5 Å². The van der Waals surface area contributed by atoms with E-state index in [0.29, 0.717) is 0 Å². The average molecular weight is 424 g/mol. The van der Waals surface area contributed by atoms with Crippen LogP contribution in [0.3, 0.4) is 0 Å². The van der Waals surface area contributed by atoms with Crippen molar-refractivity contribution in [1.29, 1.82) is 0 Å². The Bertz CT molecular complexity index is 870. The molecule has 0 N–H and O–H groups in total. The summed E-state index contributed by atoms with van der Waals surface area (Å²) in [6.45, 7) is 6.12. The van der Waals surface area contributed by atoms with Crippen molar-refractivity contribution in [3.8, 4) is 0 Å². The molecule has 4 heteroatoms. The van der Waals surface area contributed by atoms with Gasteiger partial charge in [0, 0.05) is 7.05 Å². The highest BCUT2D eigenvalue weighted by Crippen LogP contribution is 2.41. The van der Waals surface area contributed by atoms with E-state index in [2.05, 4.69) is 89.2 Å². The fourth-order valence-electron chi connectivity index (χ4n) is 3.40. The summed E-state index contributed by atoms with van der Waals surface area (Å²) >= 11 is 0. The maximum atomic E-state index is 13.3. The maximum absolute atomic E-state index is 13.3. The van der Waals surface area contributed by atoms with Crippen LogP contribution in [-0.2, 0) is 11.0 Å². The third-order valence-electron chi connectivity index (χ3n) is 4.90. The monoisotopic (exact) mass is 423 g/mol. The van der Waals surface area contributed by atoms with Crippen molar-refractivity contribution in [2.75, 3.05) is 13.2 Å². The predicted octanol–water partition coefficient (Wildman–Crippen LogP) is 5.25. The maximum Gasteiger partial charge on any atom is 0.100 e. The van der Waals surface area contributed by atoms with Gasteiger partial charge in [-0.2, -0.15) is 0 Å². The molecule has 3 aromatic carbocycles. The lowest BCUT2D eigenvalue weighted by Crippen LogP contribution is -2.39. The number of rotatable bonds is 7. The van der Waals surface area contributed by atoms with Gasteiger partial charge in [-0.15, -0.1) is 0 Å². The quantitative estimate of drug-likeness (QED) is 0.475. The molecule has 152 valence electrons. The van der Waals surface area contributed by atoms with E-state index in [9.17, 15) is 4.21 Å². The minimum atomic E-state index is -1.10. The Morgan fingerprint density at radius 1 is 0.793 bits per heavy atom. The van der Waals surface area contributed by atoms with Crippen molar-refractivity contribution in [2.24, 2.45) is 0 Å². The van der Waals surface area contributed by atoms with Crippen LogP contribution in [0.2, 0.25) is 0 Å². The van der Waals surface area contributed by atoms with Crippen molar-refractivity contribution in [2.45, 2.75) is 31.6 Å². The molecule has 29 heavy (non-hydrogen) atoms. The van der Waals surface area contributed by atoms with E-state index in [0.717, 1.165) is 6.16 Å². The second-order valence-corrected chi connectivity index (χ2v) is 12.7. The molecule has 0 radical (unpaired) electrons. The summed E-state index contributed by atoms with van der Waals surface area (Å²) in [5, 5.41) is 2.70. The van der Waals surface area contributed by atoms with Crippen LogP contribution in [0.4, 0.5) is 0 Å². The summed E-state index contributed by atoms with van der Waals surface area (Å²) in [6.07, 6.45) is 0.922. The lowest BCUT2D eigenvalue weighted by Gasteiger charge is -2.35. The fourth-order valence-corrected chi connectivity index (χ4v) is 7.39. The molecule has 0 aliphatic rings. The van der Waals surface area contributed by atoms with Crippen LogP contribution in [0.5, 0.6) is 0 Å². The zero-order valence-electron chi connectivity index (χ0n) is 17.7. The van der Waals surface area contributed by atoms with Crippen molar-refractivity contribution < 1.29 is 4.21 Å². The molecule has 3 rings (SSSR count). The molecular weight excluding hydrogens is 393 g/mol. The Labute approximate surface area is 179 Å². The van der Waals surface area contributed by atoms with Gasteiger partial charge in [0.05, 0.1) is 10.8 Å². The lowest BCUT2D eigenvalue weighted by atomic mass is 10.1. The molecular formula is C25H30NOPS. The highest BCUT2D eigenvalue weighted by atomic mass is 32.2. The van der Waals surface area contributed by atoms with Gasteiger partial charge in [-0.3, -0.25) is 0 Å². The van der Waals surface area contributed by atoms with Gasteiger partial charge in [0.1, 0.15) is 11.0 Å². The third-order valence-corrected chi connectivity index (χ3v) is 9.28. The van der Waals surface area contributed by atoms with E-state index in [1.807, 2.05) is 33.9 Å². The molecule has 0 heterocycles. The first-order chi connectivity index (χ1) is 13.9. The van der Waals surface area contributed by atoms with E-state index < -0.39 is 18.9 Å². The number of hydrogen-bond acceptors (Lipinski definition) is 1. The van der Waals surface area contributed by atoms with Crippen LogP contribution in [0.25, 0.3) is 0 Å². The summed E-state index contributed by atoms with van der Waals surface area (Å²) in [5.41, 5.74) is 1.21. The summed E-state index contributed by atoms with van der Waals surface area (Å²) < 4.78 is 15.0. The lowest BCUT2D eigenvalue weighted by molar-refractivity contribution is 0.422. The highest BCUT2D eigenvalue weighted by molar-refractivity contribution is 7.84. The first kappa shape index (κ1) is 21.9. The van der Waals surface area contributed by atoms with Crippen molar-refractivity contribution in [3.05, 3.63) is 96.6 Å². The normalized spacial score (nSPS) is 14.1. The topological polar surface area (TPSA) is 20.3 Å². The molecule has 3 aromatic rings. The van der Waals surface area contributed by atoms with Crippen LogP contribution < -0.4 is 10.6 Å². The minimum Gasteiger partial charge on any atom is -0.242 e.